The van der Waals surface area contributed by atoms with E-state index in [-0.39, 0.29) is 37.5 Å². The zero-order valence-electron chi connectivity index (χ0n) is 11.9. The Morgan fingerprint density at radius 2 is 2.05 bits per heavy atom. The van der Waals surface area contributed by atoms with Gasteiger partial charge in [0.25, 0.3) is 0 Å². The molecule has 4 N–H and O–H groups in total. The molecule has 0 saturated heterocycles. The highest BCUT2D eigenvalue weighted by molar-refractivity contribution is 14.1. The van der Waals surface area contributed by atoms with Crippen LogP contribution in [0.2, 0.25) is 0 Å². The average molecular weight is 429 g/mol. The van der Waals surface area contributed by atoms with Gasteiger partial charge in [-0.2, -0.15) is 0 Å². The summed E-state index contributed by atoms with van der Waals surface area (Å²) in [5.41, 5.74) is 5.57. The fourth-order valence-electron chi connectivity index (χ4n) is 1.46. The van der Waals surface area contributed by atoms with Gasteiger partial charge in [-0.1, -0.05) is 0 Å². The third-order valence-electron chi connectivity index (χ3n) is 2.62. The molecule has 1 aromatic rings. The minimum atomic E-state index is -0.728. The Labute approximate surface area is 145 Å². The van der Waals surface area contributed by atoms with Crippen LogP contribution in [0.3, 0.4) is 0 Å². The molecule has 2 unspecified atom stereocenters. The molecule has 0 fully saturated rings. The predicted molar refractivity (Wildman–Crippen MR) is 93.8 cm³/mol. The lowest BCUT2D eigenvalue weighted by Crippen LogP contribution is -2.35. The number of hydrogen-bond donors (Lipinski definition) is 3. The first-order valence-corrected chi connectivity index (χ1v) is 7.64. The van der Waals surface area contributed by atoms with E-state index < -0.39 is 6.10 Å². The second-order valence-corrected chi connectivity index (χ2v) is 5.98. The molecule has 0 radical (unpaired) electrons. The van der Waals surface area contributed by atoms with Gasteiger partial charge in [0.15, 0.2) is 0 Å². The predicted octanol–water partition coefficient (Wildman–Crippen LogP) is 1.70. The van der Waals surface area contributed by atoms with E-state index in [1.54, 1.807) is 0 Å². The fourth-order valence-corrected chi connectivity index (χ4v) is 1.82. The van der Waals surface area contributed by atoms with Crippen molar-refractivity contribution >= 4 is 40.9 Å². The Morgan fingerprint density at radius 1 is 1.43 bits per heavy atom. The number of benzene rings is 1. The molecule has 1 amide bonds. The van der Waals surface area contributed by atoms with Gasteiger partial charge in [0.2, 0.25) is 5.91 Å². The van der Waals surface area contributed by atoms with Crippen molar-refractivity contribution in [2.45, 2.75) is 31.9 Å². The minimum absolute atomic E-state index is 0. The molecule has 5 nitrogen and oxygen atoms in total. The topological polar surface area (TPSA) is 84.6 Å². The molecular weight excluding hydrogens is 407 g/mol. The monoisotopic (exact) mass is 428 g/mol. The van der Waals surface area contributed by atoms with E-state index in [0.29, 0.717) is 18.6 Å². The standard InChI is InChI=1S/C14H21IN2O3.ClH/c1-10(16)2-7-14(19)17-8-12(18)9-20-13-5-3-11(15)4-6-13;/h3-6,10,12,18H,2,7-9,16H2,1H3,(H,17,19);1H. The Kier molecular flexibility index (Phi) is 10.8. The van der Waals surface area contributed by atoms with Crippen LogP contribution in [0, 0.1) is 3.57 Å². The zero-order chi connectivity index (χ0) is 15.0. The molecule has 0 heterocycles. The van der Waals surface area contributed by atoms with Crippen molar-refractivity contribution < 1.29 is 14.6 Å². The van der Waals surface area contributed by atoms with Crippen molar-refractivity contribution in [1.29, 1.82) is 0 Å². The van der Waals surface area contributed by atoms with Crippen molar-refractivity contribution in [2.75, 3.05) is 13.2 Å². The van der Waals surface area contributed by atoms with Crippen LogP contribution < -0.4 is 15.8 Å². The molecular formula is C14H22ClIN2O3. The Morgan fingerprint density at radius 3 is 2.62 bits per heavy atom. The van der Waals surface area contributed by atoms with Gasteiger partial charge in [0.05, 0.1) is 0 Å². The number of nitrogens with two attached hydrogens (primary N) is 1. The highest BCUT2D eigenvalue weighted by Gasteiger charge is 2.08. The van der Waals surface area contributed by atoms with Gasteiger partial charge in [0.1, 0.15) is 18.5 Å². The number of halogens is 2. The van der Waals surface area contributed by atoms with Gasteiger partial charge in [0, 0.05) is 22.6 Å². The second kappa shape index (κ2) is 11.1. The molecule has 0 aliphatic heterocycles. The van der Waals surface area contributed by atoms with Gasteiger partial charge >= 0.3 is 0 Å². The molecule has 0 saturated carbocycles. The summed E-state index contributed by atoms with van der Waals surface area (Å²) in [4.78, 5) is 11.4. The van der Waals surface area contributed by atoms with Crippen molar-refractivity contribution in [1.82, 2.24) is 5.32 Å². The quantitative estimate of drug-likeness (QED) is 0.550. The zero-order valence-corrected chi connectivity index (χ0v) is 14.9. The van der Waals surface area contributed by atoms with Crippen molar-refractivity contribution in [2.24, 2.45) is 5.73 Å². The van der Waals surface area contributed by atoms with Crippen molar-refractivity contribution in [3.63, 3.8) is 0 Å². The minimum Gasteiger partial charge on any atom is -0.491 e. The third kappa shape index (κ3) is 9.89. The van der Waals surface area contributed by atoms with E-state index in [0.717, 1.165) is 3.57 Å². The molecule has 1 rings (SSSR count). The summed E-state index contributed by atoms with van der Waals surface area (Å²) in [6.07, 6.45) is 0.289. The molecule has 0 aliphatic carbocycles. The lowest BCUT2D eigenvalue weighted by atomic mass is 10.2. The van der Waals surface area contributed by atoms with Crippen LogP contribution in [-0.2, 0) is 4.79 Å². The van der Waals surface area contributed by atoms with E-state index >= 15 is 0 Å². The van der Waals surface area contributed by atoms with Gasteiger partial charge in [-0.05, 0) is 60.2 Å². The molecule has 0 aromatic heterocycles. The summed E-state index contributed by atoms with van der Waals surface area (Å²) < 4.78 is 6.55. The lowest BCUT2D eigenvalue weighted by Gasteiger charge is -2.13. The molecule has 120 valence electrons. The van der Waals surface area contributed by atoms with Crippen LogP contribution in [0.15, 0.2) is 24.3 Å². The number of rotatable bonds is 8. The number of aliphatic hydroxyl groups is 1. The smallest absolute Gasteiger partial charge is 0.220 e. The molecule has 0 bridgehead atoms. The van der Waals surface area contributed by atoms with Crippen LogP contribution >= 0.6 is 35.0 Å². The van der Waals surface area contributed by atoms with Crippen LogP contribution in [0.4, 0.5) is 0 Å². The lowest BCUT2D eigenvalue weighted by molar-refractivity contribution is -0.121. The third-order valence-corrected chi connectivity index (χ3v) is 3.34. The summed E-state index contributed by atoms with van der Waals surface area (Å²) in [5, 5.41) is 12.4. The molecule has 0 spiro atoms. The highest BCUT2D eigenvalue weighted by Crippen LogP contribution is 2.13. The second-order valence-electron chi connectivity index (χ2n) is 4.74. The Hall–Kier alpha value is -0.570. The van der Waals surface area contributed by atoms with Crippen LogP contribution in [-0.4, -0.2) is 36.3 Å². The van der Waals surface area contributed by atoms with Gasteiger partial charge in [-0.3, -0.25) is 4.79 Å². The maximum atomic E-state index is 11.4. The van der Waals surface area contributed by atoms with Gasteiger partial charge in [-0.15, -0.1) is 12.4 Å². The van der Waals surface area contributed by atoms with Crippen molar-refractivity contribution in [3.05, 3.63) is 27.8 Å². The number of carbonyl (C=O) groups is 1. The number of carbonyl (C=O) groups excluding carboxylic acids is 1. The number of amides is 1. The van der Waals surface area contributed by atoms with Crippen LogP contribution in [0.5, 0.6) is 5.75 Å². The van der Waals surface area contributed by atoms with E-state index in [4.69, 9.17) is 10.5 Å². The first kappa shape index (κ1) is 20.4. The van der Waals surface area contributed by atoms with Gasteiger partial charge in [-0.25, -0.2) is 0 Å². The Bertz CT molecular complexity index is 415. The SMILES string of the molecule is CC(N)CCC(=O)NCC(O)COc1ccc(I)cc1.Cl. The summed E-state index contributed by atoms with van der Waals surface area (Å²) in [6.45, 7) is 2.19. The summed E-state index contributed by atoms with van der Waals surface area (Å²) in [5.74, 6) is 0.600. The molecule has 1 aromatic carbocycles. The number of aliphatic hydroxyl groups excluding tert-OH is 1. The largest absolute Gasteiger partial charge is 0.491 e. The maximum absolute atomic E-state index is 11.4. The highest BCUT2D eigenvalue weighted by atomic mass is 127. The van der Waals surface area contributed by atoms with E-state index in [9.17, 15) is 9.90 Å². The van der Waals surface area contributed by atoms with Crippen LogP contribution in [0.25, 0.3) is 0 Å². The van der Waals surface area contributed by atoms with E-state index in [1.807, 2.05) is 31.2 Å². The molecule has 21 heavy (non-hydrogen) atoms. The molecule has 0 aliphatic rings. The summed E-state index contributed by atoms with van der Waals surface area (Å²) in [7, 11) is 0. The maximum Gasteiger partial charge on any atom is 0.220 e. The summed E-state index contributed by atoms with van der Waals surface area (Å²) >= 11 is 2.21. The van der Waals surface area contributed by atoms with Crippen molar-refractivity contribution in [3.8, 4) is 5.75 Å². The summed E-state index contributed by atoms with van der Waals surface area (Å²) in [6, 6.07) is 7.55. The normalized spacial score (nSPS) is 13.0. The van der Waals surface area contributed by atoms with E-state index in [2.05, 4.69) is 27.9 Å². The van der Waals surface area contributed by atoms with Gasteiger partial charge < -0.3 is 20.9 Å². The van der Waals surface area contributed by atoms with E-state index in [1.165, 1.54) is 0 Å². The van der Waals surface area contributed by atoms with Crippen LogP contribution in [0.1, 0.15) is 19.8 Å². The molecule has 7 heteroatoms. The number of hydrogen-bond acceptors (Lipinski definition) is 4. The fraction of sp³-hybridized carbons (Fsp3) is 0.500. The first-order valence-electron chi connectivity index (χ1n) is 6.56. The Balaban J connectivity index is 0.00000400. The molecule has 2 atom stereocenters. The number of ether oxygens (including phenoxy) is 1. The number of nitrogens with one attached hydrogen (secondary N) is 1. The average Bonchev–Trinajstić information content (AvgIpc) is 2.42. The first-order chi connectivity index (χ1) is 9.47.